The second-order valence-electron chi connectivity index (χ2n) is 4.56. The van der Waals surface area contributed by atoms with Crippen LogP contribution in [0, 0.1) is 6.92 Å². The van der Waals surface area contributed by atoms with Gasteiger partial charge in [-0.05, 0) is 19.1 Å². The van der Waals surface area contributed by atoms with Crippen LogP contribution in [0.3, 0.4) is 0 Å². The van der Waals surface area contributed by atoms with E-state index >= 15 is 0 Å². The molecule has 0 bridgehead atoms. The number of anilines is 1. The highest BCUT2D eigenvalue weighted by molar-refractivity contribution is 6.11. The van der Waals surface area contributed by atoms with Gasteiger partial charge in [-0.2, -0.15) is 5.10 Å². The molecular weight excluding hydrogens is 240 g/mol. The first-order valence-corrected chi connectivity index (χ1v) is 6.02. The number of benzene rings is 1. The van der Waals surface area contributed by atoms with Crippen molar-refractivity contribution in [1.82, 2.24) is 14.8 Å². The summed E-state index contributed by atoms with van der Waals surface area (Å²) in [6, 6.07) is 9.48. The average molecular weight is 254 g/mol. The van der Waals surface area contributed by atoms with Gasteiger partial charge in [-0.15, -0.1) is 0 Å². The van der Waals surface area contributed by atoms with Crippen LogP contribution in [0.2, 0.25) is 0 Å². The Labute approximate surface area is 110 Å². The van der Waals surface area contributed by atoms with Gasteiger partial charge in [0, 0.05) is 30.4 Å². The predicted octanol–water partition coefficient (Wildman–Crippen LogP) is 2.46. The molecule has 2 aromatic heterocycles. The molecule has 0 saturated carbocycles. The van der Waals surface area contributed by atoms with Crippen molar-refractivity contribution in [1.29, 1.82) is 0 Å². The SMILES string of the molecule is Cc1cc(NC(=O)c2cccc3ccn(C)c23)n[nH]1. The smallest absolute Gasteiger partial charge is 0.259 e. The van der Waals surface area contributed by atoms with Crippen LogP contribution in [-0.4, -0.2) is 20.7 Å². The minimum absolute atomic E-state index is 0.154. The molecule has 2 heterocycles. The number of rotatable bonds is 2. The molecule has 1 amide bonds. The number of aromatic amines is 1. The first-order chi connectivity index (χ1) is 9.15. The van der Waals surface area contributed by atoms with Gasteiger partial charge in [-0.3, -0.25) is 9.89 Å². The third-order valence-electron chi connectivity index (χ3n) is 3.09. The summed E-state index contributed by atoms with van der Waals surface area (Å²) >= 11 is 0. The lowest BCUT2D eigenvalue weighted by Gasteiger charge is -2.05. The Morgan fingerprint density at radius 2 is 2.21 bits per heavy atom. The fraction of sp³-hybridized carbons (Fsp3) is 0.143. The highest BCUT2D eigenvalue weighted by atomic mass is 16.1. The summed E-state index contributed by atoms with van der Waals surface area (Å²) in [5.41, 5.74) is 2.48. The van der Waals surface area contributed by atoms with Gasteiger partial charge in [-0.1, -0.05) is 12.1 Å². The third kappa shape index (κ3) is 1.99. The van der Waals surface area contributed by atoms with E-state index in [2.05, 4.69) is 15.5 Å². The van der Waals surface area contributed by atoms with Crippen LogP contribution in [0.25, 0.3) is 10.9 Å². The molecule has 3 aromatic rings. The van der Waals surface area contributed by atoms with Gasteiger partial charge in [-0.25, -0.2) is 0 Å². The van der Waals surface area contributed by atoms with Crippen molar-refractivity contribution < 1.29 is 4.79 Å². The van der Waals surface area contributed by atoms with Crippen LogP contribution in [0.4, 0.5) is 5.82 Å². The lowest BCUT2D eigenvalue weighted by Crippen LogP contribution is -2.13. The van der Waals surface area contributed by atoms with E-state index in [1.54, 1.807) is 6.07 Å². The zero-order chi connectivity index (χ0) is 13.4. The molecule has 0 atom stereocenters. The molecule has 0 radical (unpaired) electrons. The molecule has 0 spiro atoms. The minimum Gasteiger partial charge on any atom is -0.350 e. The summed E-state index contributed by atoms with van der Waals surface area (Å²) in [4.78, 5) is 12.3. The van der Waals surface area contributed by atoms with Crippen molar-refractivity contribution >= 4 is 22.6 Å². The molecule has 96 valence electrons. The Morgan fingerprint density at radius 1 is 1.37 bits per heavy atom. The summed E-state index contributed by atoms with van der Waals surface area (Å²) < 4.78 is 1.94. The number of para-hydroxylation sites is 1. The normalized spacial score (nSPS) is 10.8. The standard InChI is InChI=1S/C14H14N4O/c1-9-8-12(17-16-9)15-14(19)11-5-3-4-10-6-7-18(2)13(10)11/h3-8H,1-2H3,(H2,15,16,17,19). The lowest BCUT2D eigenvalue weighted by molar-refractivity contribution is 0.102. The maximum atomic E-state index is 12.3. The van der Waals surface area contributed by atoms with Crippen LogP contribution in [0.15, 0.2) is 36.5 Å². The molecule has 0 aliphatic carbocycles. The van der Waals surface area contributed by atoms with Gasteiger partial charge in [0.25, 0.3) is 5.91 Å². The molecule has 0 fully saturated rings. The van der Waals surface area contributed by atoms with E-state index < -0.39 is 0 Å². The van der Waals surface area contributed by atoms with E-state index in [0.717, 1.165) is 16.6 Å². The highest BCUT2D eigenvalue weighted by Crippen LogP contribution is 2.20. The Hall–Kier alpha value is -2.56. The van der Waals surface area contributed by atoms with Crippen molar-refractivity contribution in [2.24, 2.45) is 7.05 Å². The van der Waals surface area contributed by atoms with E-state index in [-0.39, 0.29) is 5.91 Å². The summed E-state index contributed by atoms with van der Waals surface area (Å²) in [7, 11) is 1.93. The molecule has 2 N–H and O–H groups in total. The molecule has 3 rings (SSSR count). The Kier molecular flexibility index (Phi) is 2.59. The fourth-order valence-corrected chi connectivity index (χ4v) is 2.21. The summed E-state index contributed by atoms with van der Waals surface area (Å²) in [5, 5.41) is 10.6. The number of hydrogen-bond acceptors (Lipinski definition) is 2. The molecule has 0 unspecified atom stereocenters. The van der Waals surface area contributed by atoms with E-state index in [9.17, 15) is 4.79 Å². The zero-order valence-corrected chi connectivity index (χ0v) is 10.8. The number of aromatic nitrogens is 3. The average Bonchev–Trinajstić information content (AvgIpc) is 2.96. The van der Waals surface area contributed by atoms with Gasteiger partial charge in [0.15, 0.2) is 5.82 Å². The van der Waals surface area contributed by atoms with E-state index in [0.29, 0.717) is 11.4 Å². The number of H-pyrrole nitrogens is 1. The number of fused-ring (bicyclic) bond motifs is 1. The topological polar surface area (TPSA) is 62.7 Å². The lowest BCUT2D eigenvalue weighted by atomic mass is 10.1. The number of nitrogens with one attached hydrogen (secondary N) is 2. The van der Waals surface area contributed by atoms with Crippen molar-refractivity contribution in [2.75, 3.05) is 5.32 Å². The predicted molar refractivity (Wildman–Crippen MR) is 74.2 cm³/mol. The van der Waals surface area contributed by atoms with Gasteiger partial charge >= 0.3 is 0 Å². The number of carbonyl (C=O) groups is 1. The van der Waals surface area contributed by atoms with E-state index in [1.165, 1.54) is 0 Å². The first kappa shape index (κ1) is 11.5. The van der Waals surface area contributed by atoms with Gasteiger partial charge in [0.2, 0.25) is 0 Å². The van der Waals surface area contributed by atoms with Crippen LogP contribution >= 0.6 is 0 Å². The van der Waals surface area contributed by atoms with Crippen LogP contribution in [0.5, 0.6) is 0 Å². The molecule has 5 nitrogen and oxygen atoms in total. The van der Waals surface area contributed by atoms with Crippen molar-refractivity contribution in [3.63, 3.8) is 0 Å². The van der Waals surface area contributed by atoms with E-state index in [1.807, 2.05) is 49.0 Å². The number of hydrogen-bond donors (Lipinski definition) is 2. The van der Waals surface area contributed by atoms with Crippen molar-refractivity contribution in [3.05, 3.63) is 47.8 Å². The number of aryl methyl sites for hydroxylation is 2. The Morgan fingerprint density at radius 3 is 2.95 bits per heavy atom. The van der Waals surface area contributed by atoms with Crippen LogP contribution in [0.1, 0.15) is 16.1 Å². The molecule has 19 heavy (non-hydrogen) atoms. The van der Waals surface area contributed by atoms with Crippen molar-refractivity contribution in [2.45, 2.75) is 6.92 Å². The molecule has 0 aliphatic heterocycles. The second kappa shape index (κ2) is 4.28. The largest absolute Gasteiger partial charge is 0.350 e. The summed E-state index contributed by atoms with van der Waals surface area (Å²) in [5.74, 6) is 0.382. The minimum atomic E-state index is -0.154. The quantitative estimate of drug-likeness (QED) is 0.738. The third-order valence-corrected chi connectivity index (χ3v) is 3.09. The van der Waals surface area contributed by atoms with Gasteiger partial charge < -0.3 is 9.88 Å². The van der Waals surface area contributed by atoms with E-state index in [4.69, 9.17) is 0 Å². The monoisotopic (exact) mass is 254 g/mol. The summed E-state index contributed by atoms with van der Waals surface area (Å²) in [6.07, 6.45) is 1.94. The highest BCUT2D eigenvalue weighted by Gasteiger charge is 2.13. The second-order valence-corrected chi connectivity index (χ2v) is 4.56. The molecule has 5 heteroatoms. The molecule has 0 aliphatic rings. The van der Waals surface area contributed by atoms with Gasteiger partial charge in [0.1, 0.15) is 0 Å². The Balaban J connectivity index is 1.99. The summed E-state index contributed by atoms with van der Waals surface area (Å²) in [6.45, 7) is 1.89. The first-order valence-electron chi connectivity index (χ1n) is 6.02. The van der Waals surface area contributed by atoms with Gasteiger partial charge in [0.05, 0.1) is 11.1 Å². The maximum Gasteiger partial charge on any atom is 0.259 e. The van der Waals surface area contributed by atoms with Crippen LogP contribution in [-0.2, 0) is 7.05 Å². The number of amides is 1. The maximum absolute atomic E-state index is 12.3. The zero-order valence-electron chi connectivity index (χ0n) is 10.8. The number of carbonyl (C=O) groups excluding carboxylic acids is 1. The fourth-order valence-electron chi connectivity index (χ4n) is 2.21. The Bertz CT molecular complexity index is 754. The molecular formula is C14H14N4O. The van der Waals surface area contributed by atoms with Crippen molar-refractivity contribution in [3.8, 4) is 0 Å². The molecule has 0 saturated heterocycles. The number of nitrogens with zero attached hydrogens (tertiary/aromatic N) is 2. The van der Waals surface area contributed by atoms with Crippen LogP contribution < -0.4 is 5.32 Å². The molecule has 1 aromatic carbocycles.